The van der Waals surface area contributed by atoms with Crippen LogP contribution in [0.5, 0.6) is 11.5 Å². The van der Waals surface area contributed by atoms with Gasteiger partial charge in [0.05, 0.1) is 14.2 Å². The Balaban J connectivity index is 2.16. The van der Waals surface area contributed by atoms with Gasteiger partial charge in [-0.2, -0.15) is 0 Å². The van der Waals surface area contributed by atoms with Gasteiger partial charge in [0.1, 0.15) is 0 Å². The lowest BCUT2D eigenvalue weighted by atomic mass is 10.1. The quantitative estimate of drug-likeness (QED) is 0.760. The van der Waals surface area contributed by atoms with Gasteiger partial charge in [0.2, 0.25) is 0 Å². The number of methoxy groups -OCH3 is 2. The van der Waals surface area contributed by atoms with Crippen LogP contribution in [-0.4, -0.2) is 20.0 Å². The van der Waals surface area contributed by atoms with Crippen LogP contribution in [0.2, 0.25) is 0 Å². The Hall–Kier alpha value is -1.81. The third kappa shape index (κ3) is 3.20. The van der Waals surface area contributed by atoms with E-state index in [0.29, 0.717) is 23.5 Å². The first kappa shape index (κ1) is 14.6. The van der Waals surface area contributed by atoms with Crippen LogP contribution < -0.4 is 9.47 Å². The Morgan fingerprint density at radius 3 is 2.35 bits per heavy atom. The standard InChI is InChI=1S/C16H18O3S/c1-4-12-6-7-13(20-12)10-14(17)11-5-8-15(18-2)16(9-11)19-3/h5-9H,4,10H2,1-3H3. The molecule has 0 N–H and O–H groups in total. The molecule has 2 aromatic rings. The van der Waals surface area contributed by atoms with E-state index in [1.165, 1.54) is 4.88 Å². The number of carbonyl (C=O) groups is 1. The molecule has 0 fully saturated rings. The smallest absolute Gasteiger partial charge is 0.168 e. The largest absolute Gasteiger partial charge is 0.493 e. The first-order valence-electron chi connectivity index (χ1n) is 6.50. The molecule has 4 heteroatoms. The summed E-state index contributed by atoms with van der Waals surface area (Å²) in [4.78, 5) is 14.7. The van der Waals surface area contributed by atoms with Crippen LogP contribution in [0.3, 0.4) is 0 Å². The van der Waals surface area contributed by atoms with Gasteiger partial charge in [0.15, 0.2) is 17.3 Å². The highest BCUT2D eigenvalue weighted by Gasteiger charge is 2.12. The number of benzene rings is 1. The summed E-state index contributed by atoms with van der Waals surface area (Å²) in [6, 6.07) is 9.38. The summed E-state index contributed by atoms with van der Waals surface area (Å²) < 4.78 is 10.4. The van der Waals surface area contributed by atoms with Crippen molar-refractivity contribution in [2.24, 2.45) is 0 Å². The van der Waals surface area contributed by atoms with Crippen LogP contribution in [0.1, 0.15) is 27.0 Å². The lowest BCUT2D eigenvalue weighted by molar-refractivity contribution is 0.0993. The Morgan fingerprint density at radius 2 is 1.75 bits per heavy atom. The molecule has 0 atom stereocenters. The van der Waals surface area contributed by atoms with E-state index in [1.807, 2.05) is 6.07 Å². The van der Waals surface area contributed by atoms with Crippen LogP contribution in [0.4, 0.5) is 0 Å². The van der Waals surface area contributed by atoms with Gasteiger partial charge >= 0.3 is 0 Å². The van der Waals surface area contributed by atoms with Crippen molar-refractivity contribution in [2.75, 3.05) is 14.2 Å². The summed E-state index contributed by atoms with van der Waals surface area (Å²) in [7, 11) is 3.15. The van der Waals surface area contributed by atoms with Crippen LogP contribution in [0.15, 0.2) is 30.3 Å². The van der Waals surface area contributed by atoms with Crippen LogP contribution in [0, 0.1) is 0 Å². The van der Waals surface area contributed by atoms with Gasteiger partial charge in [-0.15, -0.1) is 11.3 Å². The van der Waals surface area contributed by atoms with E-state index >= 15 is 0 Å². The summed E-state index contributed by atoms with van der Waals surface area (Å²) in [5.41, 5.74) is 0.647. The van der Waals surface area contributed by atoms with E-state index in [9.17, 15) is 4.79 Å². The SMILES string of the molecule is CCc1ccc(CC(=O)c2ccc(OC)c(OC)c2)s1. The van der Waals surface area contributed by atoms with Gasteiger partial charge in [0.25, 0.3) is 0 Å². The van der Waals surface area contributed by atoms with Crippen molar-refractivity contribution in [2.45, 2.75) is 19.8 Å². The minimum atomic E-state index is 0.0930. The van der Waals surface area contributed by atoms with Gasteiger partial charge in [-0.1, -0.05) is 6.92 Å². The lowest BCUT2D eigenvalue weighted by Crippen LogP contribution is -2.03. The predicted molar refractivity (Wildman–Crippen MR) is 81.3 cm³/mol. The molecule has 106 valence electrons. The molecule has 0 bridgehead atoms. The van der Waals surface area contributed by atoms with Crippen LogP contribution in [-0.2, 0) is 12.8 Å². The van der Waals surface area contributed by atoms with Crippen molar-refractivity contribution in [3.63, 3.8) is 0 Å². The maximum atomic E-state index is 12.3. The third-order valence-electron chi connectivity index (χ3n) is 3.11. The molecule has 0 spiro atoms. The molecule has 0 aliphatic carbocycles. The summed E-state index contributed by atoms with van der Waals surface area (Å²) >= 11 is 1.70. The summed E-state index contributed by atoms with van der Waals surface area (Å²) in [6.45, 7) is 2.12. The second-order valence-electron chi connectivity index (χ2n) is 4.39. The van der Waals surface area contributed by atoms with Crippen LogP contribution in [0.25, 0.3) is 0 Å². The van der Waals surface area contributed by atoms with Gasteiger partial charge in [-0.25, -0.2) is 0 Å². The molecular weight excluding hydrogens is 272 g/mol. The molecule has 3 nitrogen and oxygen atoms in total. The fraction of sp³-hybridized carbons (Fsp3) is 0.312. The fourth-order valence-corrected chi connectivity index (χ4v) is 2.93. The van der Waals surface area contributed by atoms with Gasteiger partial charge in [-0.05, 0) is 36.8 Å². The van der Waals surface area contributed by atoms with E-state index in [4.69, 9.17) is 9.47 Å². The molecule has 0 saturated heterocycles. The Kier molecular flexibility index (Phi) is 4.79. The van der Waals surface area contributed by atoms with E-state index in [2.05, 4.69) is 13.0 Å². The molecule has 0 amide bonds. The molecule has 1 heterocycles. The molecule has 0 aliphatic heterocycles. The number of aryl methyl sites for hydroxylation is 1. The first-order chi connectivity index (χ1) is 9.67. The van der Waals surface area contributed by atoms with Crippen molar-refractivity contribution in [3.05, 3.63) is 45.6 Å². The molecule has 20 heavy (non-hydrogen) atoms. The topological polar surface area (TPSA) is 35.5 Å². The minimum Gasteiger partial charge on any atom is -0.493 e. The zero-order valence-electron chi connectivity index (χ0n) is 11.9. The van der Waals surface area contributed by atoms with E-state index in [0.717, 1.165) is 11.3 Å². The molecule has 2 rings (SSSR count). The maximum absolute atomic E-state index is 12.3. The molecule has 1 aromatic heterocycles. The summed E-state index contributed by atoms with van der Waals surface area (Å²) in [6.07, 6.45) is 1.44. The predicted octanol–water partition coefficient (Wildman–Crippen LogP) is 3.75. The maximum Gasteiger partial charge on any atom is 0.168 e. The number of hydrogen-bond donors (Lipinski definition) is 0. The lowest BCUT2D eigenvalue weighted by Gasteiger charge is -2.08. The zero-order chi connectivity index (χ0) is 14.5. The summed E-state index contributed by atoms with van der Waals surface area (Å²) in [5, 5.41) is 0. The average molecular weight is 290 g/mol. The molecule has 0 saturated carbocycles. The second-order valence-corrected chi connectivity index (χ2v) is 5.64. The Labute approximate surface area is 123 Å². The number of thiophene rings is 1. The Morgan fingerprint density at radius 1 is 1.05 bits per heavy atom. The third-order valence-corrected chi connectivity index (χ3v) is 4.34. The number of carbonyl (C=O) groups excluding carboxylic acids is 1. The number of Topliss-reactive ketones (excluding diaryl/α,β-unsaturated/α-hetero) is 1. The fourth-order valence-electron chi connectivity index (χ4n) is 1.98. The van der Waals surface area contributed by atoms with E-state index in [1.54, 1.807) is 43.8 Å². The number of ketones is 1. The highest BCUT2D eigenvalue weighted by Crippen LogP contribution is 2.28. The van der Waals surface area contributed by atoms with Crippen molar-refractivity contribution >= 4 is 17.1 Å². The van der Waals surface area contributed by atoms with Gasteiger partial charge in [0, 0.05) is 21.7 Å². The molecule has 1 aromatic carbocycles. The highest BCUT2D eigenvalue weighted by molar-refractivity contribution is 7.12. The summed E-state index contributed by atoms with van der Waals surface area (Å²) in [5.74, 6) is 1.31. The first-order valence-corrected chi connectivity index (χ1v) is 7.32. The molecule has 0 aliphatic rings. The van der Waals surface area contributed by atoms with Gasteiger partial charge < -0.3 is 9.47 Å². The van der Waals surface area contributed by atoms with Gasteiger partial charge in [-0.3, -0.25) is 4.79 Å². The zero-order valence-corrected chi connectivity index (χ0v) is 12.8. The minimum absolute atomic E-state index is 0.0930. The molecular formula is C16H18O3S. The van der Waals surface area contributed by atoms with Crippen LogP contribution >= 0.6 is 11.3 Å². The second kappa shape index (κ2) is 6.57. The highest BCUT2D eigenvalue weighted by atomic mass is 32.1. The van der Waals surface area contributed by atoms with E-state index < -0.39 is 0 Å². The normalized spacial score (nSPS) is 10.3. The number of hydrogen-bond acceptors (Lipinski definition) is 4. The monoisotopic (exact) mass is 290 g/mol. The number of rotatable bonds is 6. The molecule has 0 unspecified atom stereocenters. The van der Waals surface area contributed by atoms with E-state index in [-0.39, 0.29) is 5.78 Å². The Bertz CT molecular complexity index is 602. The van der Waals surface area contributed by atoms with Crippen molar-refractivity contribution < 1.29 is 14.3 Å². The van der Waals surface area contributed by atoms with Crippen molar-refractivity contribution in [1.29, 1.82) is 0 Å². The average Bonchev–Trinajstić information content (AvgIpc) is 2.94. The van der Waals surface area contributed by atoms with Crippen molar-refractivity contribution in [1.82, 2.24) is 0 Å². The molecule has 0 radical (unpaired) electrons. The number of ether oxygens (including phenoxy) is 2. The van der Waals surface area contributed by atoms with Crippen molar-refractivity contribution in [3.8, 4) is 11.5 Å².